The van der Waals surface area contributed by atoms with Crippen LogP contribution in [-0.2, 0) is 0 Å². The molecule has 0 aliphatic heterocycles. The molecule has 0 aliphatic carbocycles. The SMILES string of the molecule is CN(C)c1nc(NN)nc(Oc2ccccc2I)n1. The Labute approximate surface area is 124 Å². The van der Waals surface area contributed by atoms with Gasteiger partial charge < -0.3 is 9.64 Å². The molecule has 100 valence electrons. The third kappa shape index (κ3) is 3.41. The van der Waals surface area contributed by atoms with Crippen molar-refractivity contribution in [3.63, 3.8) is 0 Å². The Morgan fingerprint density at radius 2 is 1.95 bits per heavy atom. The molecule has 0 saturated carbocycles. The minimum Gasteiger partial charge on any atom is -0.423 e. The van der Waals surface area contributed by atoms with E-state index >= 15 is 0 Å². The highest BCUT2D eigenvalue weighted by Crippen LogP contribution is 2.25. The zero-order valence-corrected chi connectivity index (χ0v) is 12.6. The number of hydrazine groups is 1. The molecule has 19 heavy (non-hydrogen) atoms. The molecule has 7 nitrogen and oxygen atoms in total. The number of aromatic nitrogens is 3. The summed E-state index contributed by atoms with van der Waals surface area (Å²) in [7, 11) is 3.65. The first-order valence-electron chi connectivity index (χ1n) is 5.42. The first kappa shape index (κ1) is 13.7. The molecule has 0 amide bonds. The minimum absolute atomic E-state index is 0.191. The van der Waals surface area contributed by atoms with Crippen LogP contribution in [0.15, 0.2) is 24.3 Å². The summed E-state index contributed by atoms with van der Waals surface area (Å²) < 4.78 is 6.62. The number of anilines is 2. The van der Waals surface area contributed by atoms with Crippen LogP contribution >= 0.6 is 22.6 Å². The van der Waals surface area contributed by atoms with Crippen LogP contribution in [0.4, 0.5) is 11.9 Å². The molecule has 0 unspecified atom stereocenters. The van der Waals surface area contributed by atoms with E-state index in [1.807, 2.05) is 38.4 Å². The molecule has 1 aromatic carbocycles. The number of nitrogens with one attached hydrogen (secondary N) is 1. The predicted molar refractivity (Wildman–Crippen MR) is 81.2 cm³/mol. The van der Waals surface area contributed by atoms with Crippen molar-refractivity contribution in [1.82, 2.24) is 15.0 Å². The van der Waals surface area contributed by atoms with Crippen molar-refractivity contribution in [2.45, 2.75) is 0 Å². The van der Waals surface area contributed by atoms with Crippen molar-refractivity contribution >= 4 is 34.5 Å². The van der Waals surface area contributed by atoms with E-state index in [1.165, 1.54) is 0 Å². The maximum Gasteiger partial charge on any atom is 0.328 e. The highest BCUT2D eigenvalue weighted by Gasteiger charge is 2.10. The Morgan fingerprint density at radius 3 is 2.58 bits per heavy atom. The third-order valence-corrected chi connectivity index (χ3v) is 3.06. The summed E-state index contributed by atoms with van der Waals surface area (Å²) in [4.78, 5) is 14.1. The van der Waals surface area contributed by atoms with E-state index in [0.717, 1.165) is 3.57 Å². The van der Waals surface area contributed by atoms with Gasteiger partial charge in [-0.05, 0) is 34.7 Å². The number of ether oxygens (including phenoxy) is 1. The Bertz CT molecular complexity index is 577. The first-order chi connectivity index (χ1) is 9.10. The van der Waals surface area contributed by atoms with Crippen molar-refractivity contribution in [3.8, 4) is 11.8 Å². The molecule has 0 saturated heterocycles. The lowest BCUT2D eigenvalue weighted by molar-refractivity contribution is 0.437. The Hall–Kier alpha value is -1.68. The largest absolute Gasteiger partial charge is 0.423 e. The van der Waals surface area contributed by atoms with Crippen LogP contribution in [0.5, 0.6) is 11.8 Å². The molecule has 2 rings (SSSR count). The molecule has 0 fully saturated rings. The molecule has 0 radical (unpaired) electrons. The summed E-state index contributed by atoms with van der Waals surface area (Å²) in [5.41, 5.74) is 2.39. The van der Waals surface area contributed by atoms with Gasteiger partial charge in [0.1, 0.15) is 5.75 Å². The molecule has 3 N–H and O–H groups in total. The Balaban J connectivity index is 2.34. The second kappa shape index (κ2) is 5.97. The molecule has 0 atom stereocenters. The van der Waals surface area contributed by atoms with Gasteiger partial charge in [0.25, 0.3) is 0 Å². The number of hydrogen-bond acceptors (Lipinski definition) is 7. The van der Waals surface area contributed by atoms with Crippen molar-refractivity contribution in [3.05, 3.63) is 27.8 Å². The van der Waals surface area contributed by atoms with Crippen LogP contribution in [0.1, 0.15) is 0 Å². The number of hydrogen-bond donors (Lipinski definition) is 2. The summed E-state index contributed by atoms with van der Waals surface area (Å²) >= 11 is 2.18. The van der Waals surface area contributed by atoms with Gasteiger partial charge in [0.15, 0.2) is 0 Å². The Morgan fingerprint density at radius 1 is 1.21 bits per heavy atom. The van der Waals surface area contributed by atoms with Gasteiger partial charge in [-0.25, -0.2) is 5.84 Å². The van der Waals surface area contributed by atoms with Crippen molar-refractivity contribution in [2.24, 2.45) is 5.84 Å². The van der Waals surface area contributed by atoms with Crippen molar-refractivity contribution in [1.29, 1.82) is 0 Å². The molecule has 0 aliphatic rings. The van der Waals surface area contributed by atoms with Crippen molar-refractivity contribution in [2.75, 3.05) is 24.4 Å². The maximum atomic E-state index is 5.65. The van der Waals surface area contributed by atoms with Gasteiger partial charge in [0, 0.05) is 14.1 Å². The number of nitrogen functional groups attached to an aromatic ring is 1. The highest BCUT2D eigenvalue weighted by molar-refractivity contribution is 14.1. The van der Waals surface area contributed by atoms with Gasteiger partial charge in [-0.1, -0.05) is 12.1 Å². The number of nitrogens with two attached hydrogens (primary N) is 1. The van der Waals surface area contributed by atoms with E-state index in [1.54, 1.807) is 4.90 Å². The number of benzene rings is 1. The van der Waals surface area contributed by atoms with Gasteiger partial charge in [-0.2, -0.15) is 15.0 Å². The molecule has 2 aromatic rings. The zero-order chi connectivity index (χ0) is 13.8. The second-order valence-electron chi connectivity index (χ2n) is 3.81. The standard InChI is InChI=1S/C11H13IN6O/c1-18(2)10-14-9(17-13)15-11(16-10)19-8-6-4-3-5-7(8)12/h3-6H,13H2,1-2H3,(H,14,15,16,17). The molecule has 1 heterocycles. The van der Waals surface area contributed by atoms with E-state index in [0.29, 0.717) is 11.7 Å². The fourth-order valence-corrected chi connectivity index (χ4v) is 1.78. The van der Waals surface area contributed by atoms with Crippen LogP contribution in [0.3, 0.4) is 0 Å². The van der Waals surface area contributed by atoms with E-state index in [-0.39, 0.29) is 12.0 Å². The predicted octanol–water partition coefficient (Wildman–Crippen LogP) is 1.62. The summed E-state index contributed by atoms with van der Waals surface area (Å²) in [6.07, 6.45) is 0. The van der Waals surface area contributed by atoms with Crippen LogP contribution < -0.4 is 20.9 Å². The summed E-state index contributed by atoms with van der Waals surface area (Å²) in [6, 6.07) is 7.78. The highest BCUT2D eigenvalue weighted by atomic mass is 127. The number of para-hydroxylation sites is 1. The summed E-state index contributed by atoms with van der Waals surface area (Å²) in [6.45, 7) is 0. The average Bonchev–Trinajstić information content (AvgIpc) is 2.41. The molecule has 0 spiro atoms. The molecule has 8 heteroatoms. The maximum absolute atomic E-state index is 5.65. The molecule has 0 bridgehead atoms. The lowest BCUT2D eigenvalue weighted by Gasteiger charge is -2.12. The monoisotopic (exact) mass is 372 g/mol. The van der Waals surface area contributed by atoms with Crippen LogP contribution in [0.25, 0.3) is 0 Å². The summed E-state index contributed by atoms with van der Waals surface area (Å²) in [5.74, 6) is 6.73. The topological polar surface area (TPSA) is 89.2 Å². The van der Waals surface area contributed by atoms with Crippen LogP contribution in [0, 0.1) is 3.57 Å². The quantitative estimate of drug-likeness (QED) is 0.479. The van der Waals surface area contributed by atoms with E-state index < -0.39 is 0 Å². The molecular formula is C11H13IN6O. The minimum atomic E-state index is 0.191. The first-order valence-corrected chi connectivity index (χ1v) is 6.50. The zero-order valence-electron chi connectivity index (χ0n) is 10.5. The number of rotatable bonds is 4. The normalized spacial score (nSPS) is 10.1. The third-order valence-electron chi connectivity index (χ3n) is 2.17. The number of nitrogens with zero attached hydrogens (tertiary/aromatic N) is 4. The van der Waals surface area contributed by atoms with Gasteiger partial charge in [-0.3, -0.25) is 5.43 Å². The lowest BCUT2D eigenvalue weighted by atomic mass is 10.3. The average molecular weight is 372 g/mol. The van der Waals surface area contributed by atoms with Gasteiger partial charge in [0.2, 0.25) is 11.9 Å². The smallest absolute Gasteiger partial charge is 0.328 e. The van der Waals surface area contributed by atoms with Gasteiger partial charge in [0.05, 0.1) is 3.57 Å². The summed E-state index contributed by atoms with van der Waals surface area (Å²) in [5, 5.41) is 0. The Kier molecular flexibility index (Phi) is 4.32. The van der Waals surface area contributed by atoms with Gasteiger partial charge >= 0.3 is 6.01 Å². The van der Waals surface area contributed by atoms with E-state index in [4.69, 9.17) is 10.6 Å². The lowest BCUT2D eigenvalue weighted by Crippen LogP contribution is -2.17. The van der Waals surface area contributed by atoms with Crippen LogP contribution in [0.2, 0.25) is 0 Å². The fraction of sp³-hybridized carbons (Fsp3) is 0.182. The fourth-order valence-electron chi connectivity index (χ4n) is 1.28. The van der Waals surface area contributed by atoms with Crippen molar-refractivity contribution < 1.29 is 4.74 Å². The molecule has 1 aromatic heterocycles. The van der Waals surface area contributed by atoms with Gasteiger partial charge in [-0.15, -0.1) is 0 Å². The van der Waals surface area contributed by atoms with Crippen LogP contribution in [-0.4, -0.2) is 29.0 Å². The number of halogens is 1. The second-order valence-corrected chi connectivity index (χ2v) is 4.98. The van der Waals surface area contributed by atoms with E-state index in [9.17, 15) is 0 Å². The van der Waals surface area contributed by atoms with E-state index in [2.05, 4.69) is 43.0 Å². The molecular weight excluding hydrogens is 359 g/mol.